The number of nitriles is 1. The molecule has 0 N–H and O–H groups in total. The lowest BCUT2D eigenvalue weighted by Gasteiger charge is -2.37. The lowest BCUT2D eigenvalue weighted by Crippen LogP contribution is -2.39. The van der Waals surface area contributed by atoms with E-state index in [4.69, 9.17) is 37.7 Å². The molecule has 1 saturated heterocycles. The van der Waals surface area contributed by atoms with Crippen molar-refractivity contribution in [3.63, 3.8) is 0 Å². The number of rotatable bonds is 4. The molecular formula is C22H23Cl2N3O2S. The van der Waals surface area contributed by atoms with E-state index >= 15 is 0 Å². The zero-order valence-electron chi connectivity index (χ0n) is 17.0. The summed E-state index contributed by atoms with van der Waals surface area (Å²) >= 11 is 13.8. The molecule has 5 nitrogen and oxygen atoms in total. The molecule has 0 bridgehead atoms. The largest absolute Gasteiger partial charge is 0.378 e. The molecule has 0 atom stereocenters. The van der Waals surface area contributed by atoms with Crippen LogP contribution in [0.3, 0.4) is 0 Å². The van der Waals surface area contributed by atoms with Crippen LogP contribution >= 0.6 is 35.0 Å². The molecular weight excluding hydrogens is 441 g/mol. The van der Waals surface area contributed by atoms with Crippen LogP contribution in [0.4, 0.5) is 5.82 Å². The fraction of sp³-hybridized carbons (Fsp3) is 0.455. The lowest BCUT2D eigenvalue weighted by molar-refractivity contribution is -0.0402. The van der Waals surface area contributed by atoms with Crippen molar-refractivity contribution < 1.29 is 9.47 Å². The third-order valence-corrected chi connectivity index (χ3v) is 7.13. The summed E-state index contributed by atoms with van der Waals surface area (Å²) in [6.45, 7) is 7.51. The van der Waals surface area contributed by atoms with Crippen LogP contribution in [-0.4, -0.2) is 36.9 Å². The van der Waals surface area contributed by atoms with Gasteiger partial charge in [0.2, 0.25) is 0 Å². The average Bonchev–Trinajstić information content (AvgIpc) is 2.73. The van der Waals surface area contributed by atoms with Gasteiger partial charge in [-0.3, -0.25) is 0 Å². The Balaban J connectivity index is 1.73. The fourth-order valence-electron chi connectivity index (χ4n) is 3.76. The summed E-state index contributed by atoms with van der Waals surface area (Å²) in [6.07, 6.45) is 0.686. The summed E-state index contributed by atoms with van der Waals surface area (Å²) in [5.74, 6) is 1.57. The van der Waals surface area contributed by atoms with Crippen LogP contribution < -0.4 is 4.90 Å². The number of pyridine rings is 1. The highest BCUT2D eigenvalue weighted by Gasteiger charge is 2.33. The smallest absolute Gasteiger partial charge is 0.135 e. The predicted molar refractivity (Wildman–Crippen MR) is 121 cm³/mol. The van der Waals surface area contributed by atoms with Crippen LogP contribution in [0.15, 0.2) is 23.2 Å². The normalized spacial score (nSPS) is 18.0. The van der Waals surface area contributed by atoms with Gasteiger partial charge < -0.3 is 14.4 Å². The first-order valence-corrected chi connectivity index (χ1v) is 11.6. The summed E-state index contributed by atoms with van der Waals surface area (Å²) in [5.41, 5.74) is 3.47. The second kappa shape index (κ2) is 8.94. The number of thioether (sulfide) groups is 1. The number of hydrogen-bond acceptors (Lipinski definition) is 6. The summed E-state index contributed by atoms with van der Waals surface area (Å²) in [5, 5.41) is 11.8. The number of halogens is 2. The van der Waals surface area contributed by atoms with Crippen molar-refractivity contribution in [1.29, 1.82) is 5.26 Å². The number of nitrogens with zero attached hydrogens (tertiary/aromatic N) is 3. The molecule has 8 heteroatoms. The fourth-order valence-corrected chi connectivity index (χ4v) is 5.03. The molecule has 2 aromatic rings. The third-order valence-electron chi connectivity index (χ3n) is 5.35. The zero-order valence-corrected chi connectivity index (χ0v) is 19.3. The van der Waals surface area contributed by atoms with Crippen molar-refractivity contribution in [1.82, 2.24) is 4.98 Å². The molecule has 1 aromatic heterocycles. The second-order valence-corrected chi connectivity index (χ2v) is 9.82. The minimum absolute atomic E-state index is 0.312. The number of aromatic nitrogens is 1. The molecule has 0 aliphatic carbocycles. The first kappa shape index (κ1) is 21.7. The topological polar surface area (TPSA) is 58.4 Å². The molecule has 4 rings (SSSR count). The number of hydrogen-bond donors (Lipinski definition) is 0. The number of benzene rings is 1. The summed E-state index contributed by atoms with van der Waals surface area (Å²) in [7, 11) is 0. The monoisotopic (exact) mass is 463 g/mol. The van der Waals surface area contributed by atoms with Crippen LogP contribution in [0.1, 0.15) is 36.1 Å². The third kappa shape index (κ3) is 4.56. The van der Waals surface area contributed by atoms with Gasteiger partial charge in [-0.1, -0.05) is 29.3 Å². The Labute approximate surface area is 191 Å². The van der Waals surface area contributed by atoms with E-state index in [0.29, 0.717) is 47.6 Å². The summed E-state index contributed by atoms with van der Waals surface area (Å²) in [6, 6.07) is 8.03. The maximum absolute atomic E-state index is 10.0. The number of ether oxygens (including phenoxy) is 2. The van der Waals surface area contributed by atoms with Gasteiger partial charge in [0.15, 0.2) is 0 Å². The molecule has 0 amide bonds. The first-order valence-electron chi connectivity index (χ1n) is 9.87. The summed E-state index contributed by atoms with van der Waals surface area (Å²) in [4.78, 5) is 7.20. The Morgan fingerprint density at radius 2 is 1.97 bits per heavy atom. The molecule has 30 heavy (non-hydrogen) atoms. The number of anilines is 1. The molecule has 0 radical (unpaired) electrons. The highest BCUT2D eigenvalue weighted by Crippen LogP contribution is 2.39. The van der Waals surface area contributed by atoms with E-state index < -0.39 is 0 Å². The van der Waals surface area contributed by atoms with Crippen molar-refractivity contribution >= 4 is 40.8 Å². The maximum atomic E-state index is 10.0. The molecule has 2 aliphatic rings. The van der Waals surface area contributed by atoms with Crippen molar-refractivity contribution in [2.24, 2.45) is 0 Å². The van der Waals surface area contributed by atoms with Gasteiger partial charge in [0, 0.05) is 30.8 Å². The van der Waals surface area contributed by atoms with E-state index in [2.05, 4.69) is 24.8 Å². The van der Waals surface area contributed by atoms with E-state index in [0.717, 1.165) is 40.6 Å². The van der Waals surface area contributed by atoms with Gasteiger partial charge in [-0.2, -0.15) is 5.26 Å². The Hall–Kier alpha value is -1.49. The summed E-state index contributed by atoms with van der Waals surface area (Å²) < 4.78 is 11.6. The molecule has 3 heterocycles. The van der Waals surface area contributed by atoms with Gasteiger partial charge in [-0.15, -0.1) is 11.8 Å². The average molecular weight is 464 g/mol. The van der Waals surface area contributed by atoms with E-state index in [9.17, 15) is 5.26 Å². The van der Waals surface area contributed by atoms with Gasteiger partial charge in [-0.05, 0) is 37.1 Å². The molecule has 1 aromatic carbocycles. The highest BCUT2D eigenvalue weighted by molar-refractivity contribution is 7.98. The molecule has 0 saturated carbocycles. The van der Waals surface area contributed by atoms with Crippen molar-refractivity contribution in [2.45, 2.75) is 43.3 Å². The van der Waals surface area contributed by atoms with Gasteiger partial charge in [0.25, 0.3) is 0 Å². The van der Waals surface area contributed by atoms with Crippen LogP contribution in [-0.2, 0) is 28.3 Å². The quantitative estimate of drug-likeness (QED) is 0.577. The van der Waals surface area contributed by atoms with Gasteiger partial charge in [-0.25, -0.2) is 4.98 Å². The van der Waals surface area contributed by atoms with E-state index in [1.165, 1.54) is 0 Å². The SMILES string of the molecule is CC1(C)Cc2c(C#N)c(SCc3ccc(Cl)c(Cl)c3)nc(N3CCOCC3)c2CO1. The Morgan fingerprint density at radius 1 is 1.20 bits per heavy atom. The van der Waals surface area contributed by atoms with E-state index in [-0.39, 0.29) is 5.60 Å². The zero-order chi connectivity index (χ0) is 21.3. The highest BCUT2D eigenvalue weighted by atomic mass is 35.5. The predicted octanol–water partition coefficient (Wildman–Crippen LogP) is 5.24. The Bertz CT molecular complexity index is 1000. The van der Waals surface area contributed by atoms with E-state index in [1.807, 2.05) is 12.1 Å². The van der Waals surface area contributed by atoms with Crippen LogP contribution in [0.25, 0.3) is 0 Å². The number of morpholine rings is 1. The van der Waals surface area contributed by atoms with Gasteiger partial charge >= 0.3 is 0 Å². The van der Waals surface area contributed by atoms with Crippen molar-refractivity contribution in [3.05, 3.63) is 50.5 Å². The minimum atomic E-state index is -0.312. The van der Waals surface area contributed by atoms with Crippen LogP contribution in [0.5, 0.6) is 0 Å². The maximum Gasteiger partial charge on any atom is 0.135 e. The minimum Gasteiger partial charge on any atom is -0.378 e. The van der Waals surface area contributed by atoms with Crippen molar-refractivity contribution in [2.75, 3.05) is 31.2 Å². The number of fused-ring (bicyclic) bond motifs is 1. The lowest BCUT2D eigenvalue weighted by atomic mass is 9.89. The Kier molecular flexibility index (Phi) is 6.47. The van der Waals surface area contributed by atoms with Crippen LogP contribution in [0.2, 0.25) is 10.0 Å². The first-order chi connectivity index (χ1) is 14.4. The van der Waals surface area contributed by atoms with Gasteiger partial charge in [0.1, 0.15) is 16.9 Å². The van der Waals surface area contributed by atoms with Crippen LogP contribution in [0, 0.1) is 11.3 Å². The molecule has 1 fully saturated rings. The standard InChI is InChI=1S/C22H23Cl2N3O2S/c1-22(2)10-15-16(11-25)21(30-13-14-3-4-18(23)19(24)9-14)26-20(17(15)12-29-22)27-5-7-28-8-6-27/h3-4,9H,5-8,10,12-13H2,1-2H3. The molecule has 0 spiro atoms. The molecule has 158 valence electrons. The van der Waals surface area contributed by atoms with Gasteiger partial charge in [0.05, 0.1) is 41.0 Å². The second-order valence-electron chi connectivity index (χ2n) is 8.05. The molecule has 0 unspecified atom stereocenters. The Morgan fingerprint density at radius 3 is 2.67 bits per heavy atom. The van der Waals surface area contributed by atoms with E-state index in [1.54, 1.807) is 17.8 Å². The molecule has 2 aliphatic heterocycles. The van der Waals surface area contributed by atoms with Crippen molar-refractivity contribution in [3.8, 4) is 6.07 Å².